The second-order valence-corrected chi connectivity index (χ2v) is 7.03. The number of phenolic OH excluding ortho intramolecular Hbond substituents is 1. The fraction of sp³-hybridized carbons (Fsp3) is 0.227. The molecule has 0 saturated heterocycles. The lowest BCUT2D eigenvalue weighted by atomic mass is 10.1. The SMILES string of the molecule is CC(C)NC(=O)NCc1ccc(C(=O)OCc2cc(=O)oc3cc(O)ccc23)cc1. The van der Waals surface area contributed by atoms with Crippen LogP contribution in [0.5, 0.6) is 5.75 Å². The molecule has 0 aliphatic rings. The maximum atomic E-state index is 12.3. The number of aromatic hydroxyl groups is 1. The zero-order valence-electron chi connectivity index (χ0n) is 16.6. The Morgan fingerprint density at radius 2 is 1.83 bits per heavy atom. The Hall–Kier alpha value is -3.81. The van der Waals surface area contributed by atoms with Crippen molar-refractivity contribution < 1.29 is 23.8 Å². The van der Waals surface area contributed by atoms with Crippen molar-refractivity contribution >= 4 is 23.0 Å². The molecule has 0 aliphatic heterocycles. The number of urea groups is 1. The summed E-state index contributed by atoms with van der Waals surface area (Å²) in [4.78, 5) is 35.7. The van der Waals surface area contributed by atoms with Crippen LogP contribution < -0.4 is 16.3 Å². The number of hydrogen-bond acceptors (Lipinski definition) is 6. The summed E-state index contributed by atoms with van der Waals surface area (Å²) in [6, 6.07) is 12.1. The summed E-state index contributed by atoms with van der Waals surface area (Å²) in [5.41, 5.74) is 1.27. The summed E-state index contributed by atoms with van der Waals surface area (Å²) in [6.07, 6.45) is 0. The first-order chi connectivity index (χ1) is 14.3. The summed E-state index contributed by atoms with van der Waals surface area (Å²) < 4.78 is 10.4. The van der Waals surface area contributed by atoms with Crippen molar-refractivity contribution in [2.75, 3.05) is 0 Å². The van der Waals surface area contributed by atoms with Crippen LogP contribution in [0.3, 0.4) is 0 Å². The number of carbonyl (C=O) groups excluding carboxylic acids is 2. The highest BCUT2D eigenvalue weighted by Gasteiger charge is 2.12. The van der Waals surface area contributed by atoms with Crippen molar-refractivity contribution in [3.63, 3.8) is 0 Å². The van der Waals surface area contributed by atoms with E-state index >= 15 is 0 Å². The molecule has 0 fully saturated rings. The van der Waals surface area contributed by atoms with Crippen molar-refractivity contribution in [2.24, 2.45) is 0 Å². The minimum absolute atomic E-state index is 0.0314. The first kappa shape index (κ1) is 20.9. The summed E-state index contributed by atoms with van der Waals surface area (Å²) in [5, 5.41) is 15.6. The molecule has 3 rings (SSSR count). The van der Waals surface area contributed by atoms with Crippen LogP contribution in [0.2, 0.25) is 0 Å². The van der Waals surface area contributed by atoms with E-state index in [0.29, 0.717) is 23.1 Å². The van der Waals surface area contributed by atoms with E-state index in [1.165, 1.54) is 18.2 Å². The van der Waals surface area contributed by atoms with Gasteiger partial charge in [-0.2, -0.15) is 0 Å². The minimum atomic E-state index is -0.600. The molecule has 3 aromatic rings. The maximum absolute atomic E-state index is 12.3. The zero-order valence-corrected chi connectivity index (χ0v) is 16.6. The van der Waals surface area contributed by atoms with E-state index in [0.717, 1.165) is 5.56 Å². The normalized spacial score (nSPS) is 10.8. The van der Waals surface area contributed by atoms with E-state index < -0.39 is 11.6 Å². The average Bonchev–Trinajstić information content (AvgIpc) is 2.69. The van der Waals surface area contributed by atoms with Gasteiger partial charge in [-0.25, -0.2) is 14.4 Å². The Morgan fingerprint density at radius 1 is 1.10 bits per heavy atom. The van der Waals surface area contributed by atoms with Gasteiger partial charge in [-0.15, -0.1) is 0 Å². The molecule has 1 aromatic heterocycles. The topological polar surface area (TPSA) is 118 Å². The van der Waals surface area contributed by atoms with E-state index in [4.69, 9.17) is 9.15 Å². The molecule has 0 spiro atoms. The highest BCUT2D eigenvalue weighted by molar-refractivity contribution is 5.89. The van der Waals surface area contributed by atoms with Crippen molar-refractivity contribution in [3.05, 3.63) is 75.6 Å². The van der Waals surface area contributed by atoms with Crippen molar-refractivity contribution in [1.82, 2.24) is 10.6 Å². The number of benzene rings is 2. The summed E-state index contributed by atoms with van der Waals surface area (Å²) >= 11 is 0. The van der Waals surface area contributed by atoms with E-state index in [2.05, 4.69) is 10.6 Å². The molecule has 8 heteroatoms. The third-order valence-corrected chi connectivity index (χ3v) is 4.24. The number of hydrogen-bond donors (Lipinski definition) is 3. The van der Waals surface area contributed by atoms with Gasteiger partial charge < -0.3 is 24.9 Å². The quantitative estimate of drug-likeness (QED) is 0.425. The monoisotopic (exact) mass is 410 g/mol. The first-order valence-corrected chi connectivity index (χ1v) is 9.38. The van der Waals surface area contributed by atoms with Gasteiger partial charge in [0.15, 0.2) is 0 Å². The molecule has 0 saturated carbocycles. The Kier molecular flexibility index (Phi) is 6.36. The van der Waals surface area contributed by atoms with Gasteiger partial charge in [-0.1, -0.05) is 12.1 Å². The van der Waals surface area contributed by atoms with Gasteiger partial charge in [-0.3, -0.25) is 0 Å². The first-order valence-electron chi connectivity index (χ1n) is 9.38. The second-order valence-electron chi connectivity index (χ2n) is 7.03. The fourth-order valence-corrected chi connectivity index (χ4v) is 2.82. The van der Waals surface area contributed by atoms with Crippen LogP contribution in [0.25, 0.3) is 11.0 Å². The predicted octanol–water partition coefficient (Wildman–Crippen LogP) is 3.06. The smallest absolute Gasteiger partial charge is 0.338 e. The highest BCUT2D eigenvalue weighted by atomic mass is 16.5. The number of ether oxygens (including phenoxy) is 1. The molecule has 0 unspecified atom stereocenters. The minimum Gasteiger partial charge on any atom is -0.508 e. The van der Waals surface area contributed by atoms with Crippen LogP contribution in [0.1, 0.15) is 35.3 Å². The average molecular weight is 410 g/mol. The maximum Gasteiger partial charge on any atom is 0.338 e. The van der Waals surface area contributed by atoms with Crippen LogP contribution in [-0.2, 0) is 17.9 Å². The van der Waals surface area contributed by atoms with Gasteiger partial charge in [0, 0.05) is 35.7 Å². The summed E-state index contributed by atoms with van der Waals surface area (Å²) in [6.45, 7) is 3.94. The van der Waals surface area contributed by atoms with Crippen LogP contribution in [-0.4, -0.2) is 23.1 Å². The molecule has 156 valence electrons. The van der Waals surface area contributed by atoms with Gasteiger partial charge >= 0.3 is 17.6 Å². The van der Waals surface area contributed by atoms with Gasteiger partial charge in [0.1, 0.15) is 17.9 Å². The standard InChI is InChI=1S/C22H22N2O6/c1-13(2)24-22(28)23-11-14-3-5-15(6-4-14)21(27)29-12-16-9-20(26)30-19-10-17(25)7-8-18(16)19/h3-10,13,25H,11-12H2,1-2H3,(H2,23,24,28). The molecule has 0 bridgehead atoms. The Bertz CT molecular complexity index is 1120. The van der Waals surface area contributed by atoms with Gasteiger partial charge in [0.2, 0.25) is 0 Å². The van der Waals surface area contributed by atoms with E-state index in [1.807, 2.05) is 13.8 Å². The third kappa shape index (κ3) is 5.38. The largest absolute Gasteiger partial charge is 0.508 e. The third-order valence-electron chi connectivity index (χ3n) is 4.24. The molecule has 2 aromatic carbocycles. The van der Waals surface area contributed by atoms with Crippen molar-refractivity contribution in [2.45, 2.75) is 33.0 Å². The number of esters is 1. The van der Waals surface area contributed by atoms with E-state index in [9.17, 15) is 19.5 Å². The van der Waals surface area contributed by atoms with Crippen LogP contribution in [0.15, 0.2) is 57.7 Å². The molecular formula is C22H22N2O6. The lowest BCUT2D eigenvalue weighted by Crippen LogP contribution is -2.39. The molecule has 1 heterocycles. The Balaban J connectivity index is 1.62. The predicted molar refractivity (Wildman–Crippen MR) is 110 cm³/mol. The van der Waals surface area contributed by atoms with Gasteiger partial charge in [0.25, 0.3) is 0 Å². The lowest BCUT2D eigenvalue weighted by Gasteiger charge is -2.10. The lowest BCUT2D eigenvalue weighted by molar-refractivity contribution is 0.0473. The van der Waals surface area contributed by atoms with E-state index in [-0.39, 0.29) is 30.0 Å². The van der Waals surface area contributed by atoms with Crippen LogP contribution >= 0.6 is 0 Å². The number of fused-ring (bicyclic) bond motifs is 1. The number of nitrogens with one attached hydrogen (secondary N) is 2. The molecule has 0 atom stereocenters. The van der Waals surface area contributed by atoms with Crippen molar-refractivity contribution in [3.8, 4) is 5.75 Å². The number of phenols is 1. The number of amides is 2. The van der Waals surface area contributed by atoms with Crippen molar-refractivity contribution in [1.29, 1.82) is 0 Å². The molecule has 3 N–H and O–H groups in total. The van der Waals surface area contributed by atoms with Gasteiger partial charge in [-0.05, 0) is 43.7 Å². The Morgan fingerprint density at radius 3 is 2.53 bits per heavy atom. The summed E-state index contributed by atoms with van der Waals surface area (Å²) in [7, 11) is 0. The summed E-state index contributed by atoms with van der Waals surface area (Å²) in [5.74, 6) is -0.580. The zero-order chi connectivity index (χ0) is 21.7. The highest BCUT2D eigenvalue weighted by Crippen LogP contribution is 2.22. The number of carbonyl (C=O) groups is 2. The fourth-order valence-electron chi connectivity index (χ4n) is 2.82. The molecule has 2 amide bonds. The van der Waals surface area contributed by atoms with Crippen LogP contribution in [0, 0.1) is 0 Å². The second kappa shape index (κ2) is 9.13. The molecule has 8 nitrogen and oxygen atoms in total. The van der Waals surface area contributed by atoms with E-state index in [1.54, 1.807) is 30.3 Å². The van der Waals surface area contributed by atoms with Crippen LogP contribution in [0.4, 0.5) is 4.79 Å². The van der Waals surface area contributed by atoms with Gasteiger partial charge in [0.05, 0.1) is 5.56 Å². The Labute approximate surface area is 172 Å². The molecule has 0 aliphatic carbocycles. The molecule has 0 radical (unpaired) electrons. The molecule has 30 heavy (non-hydrogen) atoms. The molecular weight excluding hydrogens is 388 g/mol. The number of rotatable bonds is 6.